The number of aromatic nitrogens is 2. The van der Waals surface area contributed by atoms with Crippen molar-refractivity contribution in [3.8, 4) is 16.9 Å². The van der Waals surface area contributed by atoms with Crippen LogP contribution in [0.1, 0.15) is 12.0 Å². The maximum Gasteiger partial charge on any atom is 0.136 e. The Labute approximate surface area is 134 Å². The second-order valence-electron chi connectivity index (χ2n) is 5.06. The van der Waals surface area contributed by atoms with Gasteiger partial charge in [-0.05, 0) is 25.0 Å². The summed E-state index contributed by atoms with van der Waals surface area (Å²) in [5.41, 5.74) is 3.82. The number of para-hydroxylation sites is 1. The molecule has 22 heavy (non-hydrogen) atoms. The van der Waals surface area contributed by atoms with Crippen molar-refractivity contribution in [3.05, 3.63) is 71.4 Å². The third kappa shape index (κ3) is 2.91. The van der Waals surface area contributed by atoms with Gasteiger partial charge in [0.15, 0.2) is 0 Å². The highest BCUT2D eigenvalue weighted by molar-refractivity contribution is 6.31. The van der Waals surface area contributed by atoms with Crippen molar-refractivity contribution in [2.24, 2.45) is 0 Å². The zero-order valence-corrected chi connectivity index (χ0v) is 12.9. The van der Waals surface area contributed by atoms with E-state index in [2.05, 4.69) is 0 Å². The number of hydrogen-bond acceptors (Lipinski definition) is 2. The minimum absolute atomic E-state index is 0.140. The lowest BCUT2D eigenvalue weighted by atomic mass is 10.0. The summed E-state index contributed by atoms with van der Waals surface area (Å²) in [4.78, 5) is 0. The molecule has 0 radical (unpaired) electrons. The average Bonchev–Trinajstić information content (AvgIpc) is 2.91. The topological polar surface area (TPSA) is 38.1 Å². The largest absolute Gasteiger partial charge is 0.396 e. The number of halogens is 1. The smallest absolute Gasteiger partial charge is 0.136 e. The van der Waals surface area contributed by atoms with Crippen LogP contribution in [0.3, 0.4) is 0 Å². The zero-order valence-electron chi connectivity index (χ0n) is 12.1. The van der Waals surface area contributed by atoms with Crippen LogP contribution in [0, 0.1) is 0 Å². The Hall–Kier alpha value is -2.10. The number of hydrogen-bond donors (Lipinski definition) is 1. The van der Waals surface area contributed by atoms with Crippen molar-refractivity contribution in [1.82, 2.24) is 9.78 Å². The summed E-state index contributed by atoms with van der Waals surface area (Å²) < 4.78 is 1.76. The van der Waals surface area contributed by atoms with Gasteiger partial charge in [0.25, 0.3) is 0 Å². The van der Waals surface area contributed by atoms with Gasteiger partial charge in [0.1, 0.15) is 5.15 Å². The molecule has 3 nitrogen and oxygen atoms in total. The number of nitrogens with zero attached hydrogens (tertiary/aromatic N) is 2. The Kier molecular flexibility index (Phi) is 4.56. The monoisotopic (exact) mass is 312 g/mol. The van der Waals surface area contributed by atoms with E-state index in [1.165, 1.54) is 0 Å². The quantitative estimate of drug-likeness (QED) is 0.769. The highest BCUT2D eigenvalue weighted by Crippen LogP contribution is 2.31. The second kappa shape index (κ2) is 6.77. The molecule has 0 aliphatic carbocycles. The molecule has 0 fully saturated rings. The van der Waals surface area contributed by atoms with Gasteiger partial charge in [-0.15, -0.1) is 0 Å². The molecule has 1 N–H and O–H groups in total. The normalized spacial score (nSPS) is 10.8. The summed E-state index contributed by atoms with van der Waals surface area (Å²) in [5, 5.41) is 14.4. The summed E-state index contributed by atoms with van der Waals surface area (Å²) >= 11 is 6.57. The van der Waals surface area contributed by atoms with Crippen LogP contribution in [0.4, 0.5) is 0 Å². The molecular weight excluding hydrogens is 296 g/mol. The van der Waals surface area contributed by atoms with E-state index in [-0.39, 0.29) is 6.61 Å². The lowest BCUT2D eigenvalue weighted by Gasteiger charge is -2.03. The Morgan fingerprint density at radius 1 is 0.955 bits per heavy atom. The summed E-state index contributed by atoms with van der Waals surface area (Å²) in [5.74, 6) is 0. The number of aliphatic hydroxyl groups excluding tert-OH is 1. The van der Waals surface area contributed by atoms with Crippen LogP contribution in [-0.4, -0.2) is 21.5 Å². The SMILES string of the molecule is OCCCc1c(-c2ccccc2)nn(-c2ccccc2)c1Cl. The average molecular weight is 313 g/mol. The minimum atomic E-state index is 0.140. The van der Waals surface area contributed by atoms with Gasteiger partial charge in [-0.2, -0.15) is 5.10 Å². The Balaban J connectivity index is 2.12. The van der Waals surface area contributed by atoms with Gasteiger partial charge in [-0.1, -0.05) is 60.1 Å². The molecule has 0 atom stereocenters. The van der Waals surface area contributed by atoms with Crippen LogP contribution >= 0.6 is 11.6 Å². The molecule has 1 aromatic heterocycles. The third-order valence-electron chi connectivity index (χ3n) is 3.55. The highest BCUT2D eigenvalue weighted by Gasteiger charge is 2.18. The lowest BCUT2D eigenvalue weighted by Crippen LogP contribution is -1.96. The molecule has 2 aromatic carbocycles. The molecule has 112 valence electrons. The van der Waals surface area contributed by atoms with Crippen LogP contribution in [0.5, 0.6) is 0 Å². The summed E-state index contributed by atoms with van der Waals surface area (Å²) in [6.07, 6.45) is 1.37. The van der Waals surface area contributed by atoms with Crippen LogP contribution in [0.25, 0.3) is 16.9 Å². The fourth-order valence-electron chi connectivity index (χ4n) is 2.48. The summed E-state index contributed by atoms with van der Waals surface area (Å²) in [7, 11) is 0. The molecule has 0 amide bonds. The molecule has 0 bridgehead atoms. The summed E-state index contributed by atoms with van der Waals surface area (Å²) in [6.45, 7) is 0.140. The zero-order chi connectivity index (χ0) is 15.4. The molecule has 0 aliphatic rings. The molecule has 0 unspecified atom stereocenters. The van der Waals surface area contributed by atoms with Gasteiger partial charge in [-0.3, -0.25) is 0 Å². The molecular formula is C18H17ClN2O. The van der Waals surface area contributed by atoms with E-state index in [9.17, 15) is 0 Å². The Bertz CT molecular complexity index is 739. The molecule has 0 saturated heterocycles. The van der Waals surface area contributed by atoms with Gasteiger partial charge in [0.05, 0.1) is 11.4 Å². The predicted molar refractivity (Wildman–Crippen MR) is 89.4 cm³/mol. The molecule has 0 saturated carbocycles. The van der Waals surface area contributed by atoms with E-state index < -0.39 is 0 Å². The van der Waals surface area contributed by atoms with E-state index in [1.54, 1.807) is 4.68 Å². The Morgan fingerprint density at radius 2 is 1.59 bits per heavy atom. The maximum absolute atomic E-state index is 9.13. The van der Waals surface area contributed by atoms with E-state index in [0.717, 1.165) is 22.5 Å². The van der Waals surface area contributed by atoms with Gasteiger partial charge >= 0.3 is 0 Å². The van der Waals surface area contributed by atoms with E-state index >= 15 is 0 Å². The van der Waals surface area contributed by atoms with Crippen molar-refractivity contribution in [3.63, 3.8) is 0 Å². The van der Waals surface area contributed by atoms with E-state index in [0.29, 0.717) is 18.0 Å². The third-order valence-corrected chi connectivity index (χ3v) is 3.94. The predicted octanol–water partition coefficient (Wildman–Crippen LogP) is 4.12. The van der Waals surface area contributed by atoms with E-state index in [1.807, 2.05) is 60.7 Å². The van der Waals surface area contributed by atoms with Gasteiger partial charge in [0.2, 0.25) is 0 Å². The first-order chi connectivity index (χ1) is 10.8. The summed E-state index contributed by atoms with van der Waals surface area (Å²) in [6, 6.07) is 19.8. The molecule has 0 aliphatic heterocycles. The fraction of sp³-hybridized carbons (Fsp3) is 0.167. The van der Waals surface area contributed by atoms with Crippen molar-refractivity contribution in [2.75, 3.05) is 6.61 Å². The first kappa shape index (κ1) is 14.8. The van der Waals surface area contributed by atoms with Crippen molar-refractivity contribution >= 4 is 11.6 Å². The van der Waals surface area contributed by atoms with Crippen LogP contribution in [0.2, 0.25) is 5.15 Å². The molecule has 4 heteroatoms. The van der Waals surface area contributed by atoms with Gasteiger partial charge in [0, 0.05) is 17.7 Å². The van der Waals surface area contributed by atoms with Crippen molar-refractivity contribution in [2.45, 2.75) is 12.8 Å². The first-order valence-corrected chi connectivity index (χ1v) is 7.68. The second-order valence-corrected chi connectivity index (χ2v) is 5.42. The highest BCUT2D eigenvalue weighted by atomic mass is 35.5. The van der Waals surface area contributed by atoms with Gasteiger partial charge < -0.3 is 5.11 Å². The minimum Gasteiger partial charge on any atom is -0.396 e. The lowest BCUT2D eigenvalue weighted by molar-refractivity contribution is 0.288. The maximum atomic E-state index is 9.13. The molecule has 3 rings (SSSR count). The molecule has 3 aromatic rings. The van der Waals surface area contributed by atoms with Crippen LogP contribution < -0.4 is 0 Å². The van der Waals surface area contributed by atoms with Crippen LogP contribution in [-0.2, 0) is 6.42 Å². The van der Waals surface area contributed by atoms with Crippen molar-refractivity contribution in [1.29, 1.82) is 0 Å². The molecule has 1 heterocycles. The van der Waals surface area contributed by atoms with E-state index in [4.69, 9.17) is 21.8 Å². The van der Waals surface area contributed by atoms with Crippen molar-refractivity contribution < 1.29 is 5.11 Å². The molecule has 0 spiro atoms. The fourth-order valence-corrected chi connectivity index (χ4v) is 2.79. The first-order valence-electron chi connectivity index (χ1n) is 7.30. The number of benzene rings is 2. The standard InChI is InChI=1S/C18H17ClN2O/c19-18-16(12-7-13-22)17(14-8-3-1-4-9-14)20-21(18)15-10-5-2-6-11-15/h1-6,8-11,22H,7,12-13H2. The van der Waals surface area contributed by atoms with Gasteiger partial charge in [-0.25, -0.2) is 4.68 Å². The van der Waals surface area contributed by atoms with Crippen LogP contribution in [0.15, 0.2) is 60.7 Å². The Morgan fingerprint density at radius 3 is 2.23 bits per heavy atom. The number of rotatable bonds is 5. The number of aliphatic hydroxyl groups is 1.